The van der Waals surface area contributed by atoms with Crippen molar-refractivity contribution in [2.75, 3.05) is 0 Å². The van der Waals surface area contributed by atoms with Gasteiger partial charge in [-0.15, -0.1) is 0 Å². The van der Waals surface area contributed by atoms with Crippen LogP contribution in [-0.4, -0.2) is 0 Å². The van der Waals surface area contributed by atoms with E-state index in [1.165, 1.54) is 17.7 Å². The molecule has 0 amide bonds. The van der Waals surface area contributed by atoms with Gasteiger partial charge in [-0.1, -0.05) is 49.7 Å². The monoisotopic (exact) mass is 306 g/mol. The van der Waals surface area contributed by atoms with E-state index in [0.717, 1.165) is 12.0 Å². The Balaban J connectivity index is 2.39. The fourth-order valence-electron chi connectivity index (χ4n) is 2.47. The van der Waals surface area contributed by atoms with E-state index in [-0.39, 0.29) is 5.82 Å². The second kappa shape index (κ2) is 7.03. The molecule has 2 nitrogen and oxygen atoms in total. The van der Waals surface area contributed by atoms with Crippen LogP contribution in [0, 0.1) is 11.7 Å². The van der Waals surface area contributed by atoms with Crippen molar-refractivity contribution in [1.29, 1.82) is 0 Å². The summed E-state index contributed by atoms with van der Waals surface area (Å²) in [5.41, 5.74) is 5.28. The third-order valence-electron chi connectivity index (χ3n) is 3.36. The van der Waals surface area contributed by atoms with E-state index in [1.807, 2.05) is 12.1 Å². The Bertz CT molecular complexity index is 613. The fourth-order valence-corrected chi connectivity index (χ4v) is 2.65. The molecule has 112 valence electrons. The number of nitrogens with two attached hydrogens (primary N) is 1. The number of hydrogen-bond acceptors (Lipinski definition) is 2. The first kappa shape index (κ1) is 16.0. The molecule has 0 aliphatic rings. The van der Waals surface area contributed by atoms with Crippen molar-refractivity contribution < 1.29 is 4.39 Å². The summed E-state index contributed by atoms with van der Waals surface area (Å²) < 4.78 is 14.0. The summed E-state index contributed by atoms with van der Waals surface area (Å²) in [6, 6.07) is 12.1. The molecule has 1 atom stereocenters. The SMILES string of the molecule is CC(C)Cc1cccc(C(NN)c2cc(Cl)ccc2F)c1. The number of halogens is 2. The average molecular weight is 307 g/mol. The molecule has 3 N–H and O–H groups in total. The molecule has 0 bridgehead atoms. The molecule has 2 rings (SSSR count). The van der Waals surface area contributed by atoms with Crippen molar-refractivity contribution in [3.05, 3.63) is 70.0 Å². The van der Waals surface area contributed by atoms with Crippen LogP contribution in [0.2, 0.25) is 5.02 Å². The maximum atomic E-state index is 14.0. The predicted octanol–water partition coefficient (Wildman–Crippen LogP) is 4.23. The number of rotatable bonds is 5. The first-order chi connectivity index (χ1) is 10.0. The van der Waals surface area contributed by atoms with Crippen LogP contribution >= 0.6 is 11.6 Å². The van der Waals surface area contributed by atoms with Crippen LogP contribution in [-0.2, 0) is 6.42 Å². The van der Waals surface area contributed by atoms with Gasteiger partial charge in [-0.25, -0.2) is 9.82 Å². The highest BCUT2D eigenvalue weighted by Gasteiger charge is 2.17. The largest absolute Gasteiger partial charge is 0.271 e. The highest BCUT2D eigenvalue weighted by Crippen LogP contribution is 2.27. The van der Waals surface area contributed by atoms with Gasteiger partial charge in [0.25, 0.3) is 0 Å². The van der Waals surface area contributed by atoms with Gasteiger partial charge in [-0.2, -0.15) is 0 Å². The molecule has 0 spiro atoms. The van der Waals surface area contributed by atoms with Crippen LogP contribution < -0.4 is 11.3 Å². The quantitative estimate of drug-likeness (QED) is 0.641. The number of hydrogen-bond donors (Lipinski definition) is 2. The molecule has 0 saturated heterocycles. The second-order valence-electron chi connectivity index (χ2n) is 5.61. The lowest BCUT2D eigenvalue weighted by atomic mass is 9.94. The van der Waals surface area contributed by atoms with Crippen LogP contribution in [0.4, 0.5) is 4.39 Å². The Morgan fingerprint density at radius 2 is 1.95 bits per heavy atom. The Labute approximate surface area is 130 Å². The van der Waals surface area contributed by atoms with Crippen LogP contribution in [0.1, 0.15) is 36.6 Å². The Kier molecular flexibility index (Phi) is 5.34. The number of hydrazine groups is 1. The summed E-state index contributed by atoms with van der Waals surface area (Å²) in [5, 5.41) is 0.491. The zero-order valence-electron chi connectivity index (χ0n) is 12.2. The molecule has 0 radical (unpaired) electrons. The number of nitrogens with one attached hydrogen (secondary N) is 1. The fraction of sp³-hybridized carbons (Fsp3) is 0.294. The molecule has 0 aliphatic carbocycles. The van der Waals surface area contributed by atoms with E-state index < -0.39 is 6.04 Å². The van der Waals surface area contributed by atoms with Crippen LogP contribution in [0.3, 0.4) is 0 Å². The van der Waals surface area contributed by atoms with Gasteiger partial charge in [0.2, 0.25) is 0 Å². The van der Waals surface area contributed by atoms with Crippen molar-refractivity contribution in [1.82, 2.24) is 5.43 Å². The first-order valence-electron chi connectivity index (χ1n) is 7.01. The van der Waals surface area contributed by atoms with E-state index in [1.54, 1.807) is 6.07 Å². The van der Waals surface area contributed by atoms with Gasteiger partial charge in [0.05, 0.1) is 6.04 Å². The minimum atomic E-state index is -0.421. The Hall–Kier alpha value is -1.42. The number of benzene rings is 2. The second-order valence-corrected chi connectivity index (χ2v) is 6.04. The molecule has 0 heterocycles. The van der Waals surface area contributed by atoms with E-state index in [4.69, 9.17) is 17.4 Å². The maximum absolute atomic E-state index is 14.0. The molecule has 0 saturated carbocycles. The van der Waals surface area contributed by atoms with Gasteiger partial charge in [-0.3, -0.25) is 5.84 Å². The van der Waals surface area contributed by atoms with Gasteiger partial charge in [0, 0.05) is 10.6 Å². The zero-order chi connectivity index (χ0) is 15.4. The highest BCUT2D eigenvalue weighted by molar-refractivity contribution is 6.30. The van der Waals surface area contributed by atoms with Gasteiger partial charge in [-0.05, 0) is 41.7 Å². The summed E-state index contributed by atoms with van der Waals surface area (Å²) in [6.07, 6.45) is 0.975. The van der Waals surface area contributed by atoms with Gasteiger partial charge >= 0.3 is 0 Å². The minimum Gasteiger partial charge on any atom is -0.271 e. The summed E-state index contributed by atoms with van der Waals surface area (Å²) in [4.78, 5) is 0. The molecule has 21 heavy (non-hydrogen) atoms. The summed E-state index contributed by atoms with van der Waals surface area (Å²) in [5.74, 6) is 5.89. The standard InChI is InChI=1S/C17H20ClFN2/c1-11(2)8-12-4-3-5-13(9-12)17(21-20)15-10-14(18)6-7-16(15)19/h3-7,9-11,17,21H,8,20H2,1-2H3. The van der Waals surface area contributed by atoms with Crippen LogP contribution in [0.15, 0.2) is 42.5 Å². The van der Waals surface area contributed by atoms with Crippen LogP contribution in [0.5, 0.6) is 0 Å². The smallest absolute Gasteiger partial charge is 0.128 e. The molecule has 4 heteroatoms. The predicted molar refractivity (Wildman–Crippen MR) is 85.6 cm³/mol. The normalized spacial score (nSPS) is 12.7. The lowest BCUT2D eigenvalue weighted by Gasteiger charge is -2.19. The lowest BCUT2D eigenvalue weighted by molar-refractivity contribution is 0.559. The van der Waals surface area contributed by atoms with E-state index in [0.29, 0.717) is 16.5 Å². The van der Waals surface area contributed by atoms with Crippen molar-refractivity contribution in [3.63, 3.8) is 0 Å². The van der Waals surface area contributed by atoms with Gasteiger partial charge < -0.3 is 0 Å². The molecule has 0 fully saturated rings. The zero-order valence-corrected chi connectivity index (χ0v) is 13.0. The van der Waals surface area contributed by atoms with E-state index in [9.17, 15) is 4.39 Å². The molecule has 0 aliphatic heterocycles. The molecule has 2 aromatic carbocycles. The van der Waals surface area contributed by atoms with Crippen LogP contribution in [0.25, 0.3) is 0 Å². The first-order valence-corrected chi connectivity index (χ1v) is 7.39. The maximum Gasteiger partial charge on any atom is 0.128 e. The molecular formula is C17H20ClFN2. The summed E-state index contributed by atoms with van der Waals surface area (Å²) in [7, 11) is 0. The van der Waals surface area contributed by atoms with Crippen molar-refractivity contribution in [2.24, 2.45) is 11.8 Å². The minimum absolute atomic E-state index is 0.323. The molecular weight excluding hydrogens is 287 g/mol. The lowest BCUT2D eigenvalue weighted by Crippen LogP contribution is -2.29. The molecule has 0 aromatic heterocycles. The third-order valence-corrected chi connectivity index (χ3v) is 3.60. The highest BCUT2D eigenvalue weighted by atomic mass is 35.5. The summed E-state index contributed by atoms with van der Waals surface area (Å²) >= 11 is 5.97. The third kappa shape index (κ3) is 4.03. The average Bonchev–Trinajstić information content (AvgIpc) is 2.43. The van der Waals surface area contributed by atoms with Crippen molar-refractivity contribution in [3.8, 4) is 0 Å². The summed E-state index contributed by atoms with van der Waals surface area (Å²) in [6.45, 7) is 4.34. The van der Waals surface area contributed by atoms with Crippen molar-refractivity contribution >= 4 is 11.6 Å². The topological polar surface area (TPSA) is 38.0 Å². The molecule has 1 unspecified atom stereocenters. The van der Waals surface area contributed by atoms with E-state index in [2.05, 4.69) is 31.4 Å². The van der Waals surface area contributed by atoms with Gasteiger partial charge in [0.15, 0.2) is 0 Å². The van der Waals surface area contributed by atoms with E-state index >= 15 is 0 Å². The Morgan fingerprint density at radius 3 is 2.62 bits per heavy atom. The van der Waals surface area contributed by atoms with Gasteiger partial charge in [0.1, 0.15) is 5.82 Å². The molecule has 2 aromatic rings. The van der Waals surface area contributed by atoms with Crippen molar-refractivity contribution in [2.45, 2.75) is 26.3 Å². The Morgan fingerprint density at radius 1 is 1.19 bits per heavy atom.